The van der Waals surface area contributed by atoms with Crippen molar-refractivity contribution in [3.8, 4) is 6.07 Å². The fraction of sp³-hybridized carbons (Fsp3) is 0.941. The Balaban J connectivity index is -0.000000171. The van der Waals surface area contributed by atoms with E-state index in [1.165, 1.54) is 0 Å². The Morgan fingerprint density at radius 3 is 2.07 bits per heavy atom. The summed E-state index contributed by atoms with van der Waals surface area (Å²) in [5, 5.41) is 24.3. The number of nitriles is 1. The Morgan fingerprint density at radius 1 is 1.22 bits per heavy atom. The fourth-order valence-corrected chi connectivity index (χ4v) is 3.08. The maximum Gasteiger partial charge on any atom is 0.109 e. The Kier molecular flexibility index (Phi) is 31.7. The van der Waals surface area contributed by atoms with Gasteiger partial charge in [-0.2, -0.15) is 5.26 Å². The van der Waals surface area contributed by atoms with E-state index < -0.39 is 0 Å². The van der Waals surface area contributed by atoms with Crippen LogP contribution in [-0.4, -0.2) is 66.7 Å². The predicted octanol–water partition coefficient (Wildman–Crippen LogP) is 2.58. The number of nitrogens with zero attached hydrogens (tertiary/aromatic N) is 2. The third kappa shape index (κ3) is 22.0. The van der Waals surface area contributed by atoms with Crippen molar-refractivity contribution in [1.82, 2.24) is 4.67 Å². The van der Waals surface area contributed by atoms with Crippen LogP contribution >= 0.6 is 8.96 Å². The molecule has 0 aromatic carbocycles. The van der Waals surface area contributed by atoms with Crippen LogP contribution in [0.25, 0.3) is 0 Å². The molecule has 1 aliphatic heterocycles. The van der Waals surface area contributed by atoms with Gasteiger partial charge in [-0.25, -0.2) is 0 Å². The van der Waals surface area contributed by atoms with Crippen molar-refractivity contribution in [2.45, 2.75) is 90.6 Å². The molecule has 27 heavy (non-hydrogen) atoms. The van der Waals surface area contributed by atoms with Crippen molar-refractivity contribution in [1.29, 1.82) is 5.26 Å². The van der Waals surface area contributed by atoms with Gasteiger partial charge in [-0.1, -0.05) is 0 Å². The summed E-state index contributed by atoms with van der Waals surface area (Å²) in [6, 6.07) is 2.97. The molecule has 1 aliphatic rings. The Bertz CT molecular complexity index is 345. The zero-order chi connectivity index (χ0) is 19.8. The van der Waals surface area contributed by atoms with Crippen LogP contribution in [0.5, 0.6) is 0 Å². The van der Waals surface area contributed by atoms with Gasteiger partial charge in [0, 0.05) is 77.7 Å². The van der Waals surface area contributed by atoms with Crippen LogP contribution in [0.2, 0.25) is 0 Å². The predicted molar refractivity (Wildman–Crippen MR) is 105 cm³/mol. The van der Waals surface area contributed by atoms with Crippen LogP contribution in [-0.2, 0) is 61.8 Å². The van der Waals surface area contributed by atoms with Gasteiger partial charge in [-0.15, -0.1) is 0 Å². The molecule has 1 fully saturated rings. The van der Waals surface area contributed by atoms with Crippen LogP contribution in [0.4, 0.5) is 0 Å². The van der Waals surface area contributed by atoms with E-state index in [2.05, 4.69) is 38.4 Å². The van der Waals surface area contributed by atoms with E-state index in [0.717, 1.165) is 20.0 Å². The van der Waals surface area contributed by atoms with Gasteiger partial charge in [0.15, 0.2) is 0 Å². The molecule has 10 heteroatoms. The van der Waals surface area contributed by atoms with E-state index in [1.54, 1.807) is 6.92 Å². The molecule has 0 aliphatic carbocycles. The van der Waals surface area contributed by atoms with Crippen LogP contribution < -0.4 is 0 Å². The van der Waals surface area contributed by atoms with E-state index in [9.17, 15) is 0 Å². The summed E-state index contributed by atoms with van der Waals surface area (Å²) in [7, 11) is 6.87. The van der Waals surface area contributed by atoms with Gasteiger partial charge in [0.1, 0.15) is 7.85 Å². The molecule has 157 valence electrons. The molecule has 2 N–H and O–H groups in total. The van der Waals surface area contributed by atoms with Gasteiger partial charge >= 0.3 is 0 Å². The van der Waals surface area contributed by atoms with Crippen molar-refractivity contribution in [2.24, 2.45) is 0 Å². The van der Waals surface area contributed by atoms with E-state index in [1.807, 2.05) is 0 Å². The largest absolute Gasteiger partial charge is 0.400 e. The topological polar surface area (TPSA) is 86.0 Å². The molecule has 0 amide bonds. The quantitative estimate of drug-likeness (QED) is 0.238. The van der Waals surface area contributed by atoms with Gasteiger partial charge in [-0.05, 0) is 53.9 Å². The zero-order valence-corrected chi connectivity index (χ0v) is 23.9. The van der Waals surface area contributed by atoms with Gasteiger partial charge < -0.3 is 19.5 Å². The van der Waals surface area contributed by atoms with E-state index in [4.69, 9.17) is 32.6 Å². The molecule has 4 atom stereocenters. The number of hydrogen-bond donors (Lipinski definition) is 2. The van der Waals surface area contributed by atoms with Gasteiger partial charge in [0.25, 0.3) is 0 Å². The second kappa shape index (κ2) is 23.8. The summed E-state index contributed by atoms with van der Waals surface area (Å²) < 4.78 is 13.0. The van der Waals surface area contributed by atoms with Gasteiger partial charge in [0.05, 0.1) is 40.3 Å². The first kappa shape index (κ1) is 35.9. The maximum atomic E-state index is 8.98. The molecule has 1 saturated heterocycles. The minimum absolute atomic E-state index is 0. The van der Waals surface area contributed by atoms with E-state index in [-0.39, 0.29) is 70.7 Å². The van der Waals surface area contributed by atoms with Crippen LogP contribution in [0.3, 0.4) is 0 Å². The number of aliphatic hydroxyl groups is 2. The first-order valence-electron chi connectivity index (χ1n) is 8.84. The summed E-state index contributed by atoms with van der Waals surface area (Å²) in [6.45, 7) is 10.9. The average molecular weight is 653 g/mol. The normalized spacial score (nSPS) is 19.5. The van der Waals surface area contributed by atoms with Gasteiger partial charge in [0.2, 0.25) is 0 Å². The molecule has 1 heterocycles. The standard InChI is InChI=1S/C9H19N2OP.C7H13BO2.CH4O.Os.Y/c1-8(2)11(9(3)4)13-12-7-5-6-10;1-5(9)4-6-2-3-7(8)10-6;1-2;;/h8-9,13H,5,7H2,1-4H3;5-7,9H,2-4H2,1H3;2H,1H3;;. The molecule has 0 aromatic heterocycles. The number of hydrogen-bond acceptors (Lipinski definition) is 6. The summed E-state index contributed by atoms with van der Waals surface area (Å²) in [5.74, 6) is 0. The molecule has 6 nitrogen and oxygen atoms in total. The number of rotatable bonds is 8. The summed E-state index contributed by atoms with van der Waals surface area (Å²) >= 11 is 0. The molecule has 0 saturated carbocycles. The second-order valence-corrected chi connectivity index (χ2v) is 7.39. The van der Waals surface area contributed by atoms with E-state index >= 15 is 0 Å². The van der Waals surface area contributed by atoms with Crippen molar-refractivity contribution < 1.29 is 72.0 Å². The van der Waals surface area contributed by atoms with Gasteiger partial charge in [-0.3, -0.25) is 4.67 Å². The molecule has 0 spiro atoms. The Hall–Kier alpha value is 1.53. The number of ether oxygens (including phenoxy) is 1. The first-order valence-corrected chi connectivity index (χ1v) is 9.70. The molecule has 1 rings (SSSR count). The third-order valence-electron chi connectivity index (χ3n) is 3.34. The number of aliphatic hydroxyl groups excluding tert-OH is 2. The van der Waals surface area contributed by atoms with Crippen molar-refractivity contribution in [3.63, 3.8) is 0 Å². The maximum absolute atomic E-state index is 8.98. The molecular formula is C17H36BN2O4OsPY. The van der Waals surface area contributed by atoms with Crippen molar-refractivity contribution in [2.75, 3.05) is 13.7 Å². The molecule has 4 unspecified atom stereocenters. The van der Waals surface area contributed by atoms with Crippen molar-refractivity contribution in [3.05, 3.63) is 0 Å². The SMILES string of the molecule is CC(C)N(POCCC#N)C(C)C.CO.[B]C1CCC(CC(C)O)O1.[Os].[Y]. The van der Waals surface area contributed by atoms with Crippen LogP contribution in [0.1, 0.15) is 60.3 Å². The zero-order valence-electron chi connectivity index (χ0n) is 17.5. The molecule has 0 aromatic rings. The fourth-order valence-electron chi connectivity index (χ4n) is 2.31. The van der Waals surface area contributed by atoms with Crippen LogP contribution in [0, 0.1) is 11.3 Å². The summed E-state index contributed by atoms with van der Waals surface area (Å²) in [4.78, 5) is 0. The molecule has 3 radical (unpaired) electrons. The Labute approximate surface area is 207 Å². The Morgan fingerprint density at radius 2 is 1.74 bits per heavy atom. The monoisotopic (exact) mass is 655 g/mol. The molecular weight excluding hydrogens is 617 g/mol. The summed E-state index contributed by atoms with van der Waals surface area (Å²) in [6.07, 6.45) is 3.04. The van der Waals surface area contributed by atoms with Crippen molar-refractivity contribution >= 4 is 16.8 Å². The van der Waals surface area contributed by atoms with Crippen LogP contribution in [0.15, 0.2) is 0 Å². The second-order valence-electron chi connectivity index (χ2n) is 6.40. The summed E-state index contributed by atoms with van der Waals surface area (Å²) in [5.41, 5.74) is 0. The average Bonchev–Trinajstić information content (AvgIpc) is 2.93. The smallest absolute Gasteiger partial charge is 0.109 e. The molecule has 0 bridgehead atoms. The van der Waals surface area contributed by atoms with E-state index in [0.29, 0.717) is 40.5 Å². The minimum Gasteiger partial charge on any atom is -0.400 e. The third-order valence-corrected chi connectivity index (χ3v) is 4.92. The minimum atomic E-state index is -0.268. The first-order chi connectivity index (χ1) is 11.8.